The van der Waals surface area contributed by atoms with Crippen LogP contribution >= 0.6 is 0 Å². The lowest BCUT2D eigenvalue weighted by Gasteiger charge is -2.30. The number of rotatable bonds is 4. The Morgan fingerprint density at radius 1 is 0.906 bits per heavy atom. The van der Waals surface area contributed by atoms with Crippen molar-refractivity contribution < 1.29 is 9.53 Å². The van der Waals surface area contributed by atoms with Gasteiger partial charge in [0.1, 0.15) is 5.60 Å². The van der Waals surface area contributed by atoms with E-state index in [0.29, 0.717) is 6.54 Å². The van der Waals surface area contributed by atoms with E-state index in [1.807, 2.05) is 20.8 Å². The number of nitrogens with one attached hydrogen (secondary N) is 1. The van der Waals surface area contributed by atoms with Gasteiger partial charge in [0.05, 0.1) is 12.7 Å². The van der Waals surface area contributed by atoms with Crippen LogP contribution < -0.4 is 15.1 Å². The third-order valence-corrected chi connectivity index (χ3v) is 5.95. The van der Waals surface area contributed by atoms with E-state index in [4.69, 9.17) is 4.74 Å². The number of amides is 1. The van der Waals surface area contributed by atoms with Gasteiger partial charge in [0.25, 0.3) is 0 Å². The predicted octanol–water partition coefficient (Wildman–Crippen LogP) is 5.71. The molecule has 0 saturated carbocycles. The highest BCUT2D eigenvalue weighted by atomic mass is 16.6. The van der Waals surface area contributed by atoms with E-state index in [9.17, 15) is 4.79 Å². The van der Waals surface area contributed by atoms with Crippen molar-refractivity contribution >= 4 is 17.5 Å². The Kier molecular flexibility index (Phi) is 6.77. The van der Waals surface area contributed by atoms with Gasteiger partial charge < -0.3 is 19.9 Å². The SMILES string of the molecule is Cc1cc(C)c(N2CC(CNC(=O)OC(C)(C)C)N(c3c(C)cc(C)cc3C)C2)c(C)c1. The van der Waals surface area contributed by atoms with Gasteiger partial charge in [0.2, 0.25) is 0 Å². The number of carbonyl (C=O) groups is 1. The molecule has 0 radical (unpaired) electrons. The quantitative estimate of drug-likeness (QED) is 0.665. The van der Waals surface area contributed by atoms with E-state index in [-0.39, 0.29) is 12.1 Å². The van der Waals surface area contributed by atoms with Crippen molar-refractivity contribution in [2.24, 2.45) is 0 Å². The van der Waals surface area contributed by atoms with E-state index < -0.39 is 5.60 Å². The second-order valence-corrected chi connectivity index (χ2v) is 10.4. The predicted molar refractivity (Wildman–Crippen MR) is 134 cm³/mol. The maximum absolute atomic E-state index is 12.4. The van der Waals surface area contributed by atoms with Crippen molar-refractivity contribution in [1.82, 2.24) is 5.32 Å². The minimum atomic E-state index is -0.508. The Balaban J connectivity index is 1.92. The number of anilines is 2. The smallest absolute Gasteiger partial charge is 0.407 e. The normalized spacial score (nSPS) is 16.5. The topological polar surface area (TPSA) is 44.8 Å². The van der Waals surface area contributed by atoms with Crippen molar-refractivity contribution in [3.8, 4) is 0 Å². The molecule has 174 valence electrons. The highest BCUT2D eigenvalue weighted by Gasteiger charge is 2.34. The average molecular weight is 438 g/mol. The summed E-state index contributed by atoms with van der Waals surface area (Å²) in [6.07, 6.45) is -0.365. The molecule has 2 aromatic carbocycles. The standard InChI is InChI=1S/C27H39N3O2/c1-17-10-19(3)24(20(4)11-17)29-15-23(14-28-26(31)32-27(7,8)9)30(16-29)25-21(5)12-18(2)13-22(25)6/h10-13,23H,14-16H2,1-9H3,(H,28,31). The minimum Gasteiger partial charge on any atom is -0.444 e. The molecule has 1 fully saturated rings. The average Bonchev–Trinajstić information content (AvgIpc) is 3.00. The van der Waals surface area contributed by atoms with Gasteiger partial charge in [-0.2, -0.15) is 0 Å². The fraction of sp³-hybridized carbons (Fsp3) is 0.519. The number of carbonyl (C=O) groups excluding carboxylic acids is 1. The molecule has 5 nitrogen and oxygen atoms in total. The first-order valence-electron chi connectivity index (χ1n) is 11.5. The first-order valence-corrected chi connectivity index (χ1v) is 11.5. The zero-order valence-corrected chi connectivity index (χ0v) is 21.2. The Bertz CT molecular complexity index is 960. The summed E-state index contributed by atoms with van der Waals surface area (Å²) in [5.74, 6) is 0. The molecule has 0 aromatic heterocycles. The third kappa shape index (κ3) is 5.37. The van der Waals surface area contributed by atoms with Gasteiger partial charge >= 0.3 is 6.09 Å². The van der Waals surface area contributed by atoms with Crippen LogP contribution in [0.5, 0.6) is 0 Å². The minimum absolute atomic E-state index is 0.141. The summed E-state index contributed by atoms with van der Waals surface area (Å²) in [4.78, 5) is 17.3. The van der Waals surface area contributed by atoms with Crippen LogP contribution in [0.3, 0.4) is 0 Å². The number of alkyl carbamates (subject to hydrolysis) is 1. The van der Waals surface area contributed by atoms with Crippen molar-refractivity contribution in [1.29, 1.82) is 0 Å². The Hall–Kier alpha value is -2.69. The van der Waals surface area contributed by atoms with E-state index in [1.165, 1.54) is 44.8 Å². The summed E-state index contributed by atoms with van der Waals surface area (Å²) < 4.78 is 5.48. The molecule has 5 heteroatoms. The molecule has 3 rings (SSSR count). The molecular formula is C27H39N3O2. The number of nitrogens with zero attached hydrogens (tertiary/aromatic N) is 2. The first kappa shape index (κ1) is 24.0. The summed E-state index contributed by atoms with van der Waals surface area (Å²) in [6.45, 7) is 20.8. The van der Waals surface area contributed by atoms with Gasteiger partial charge in [-0.1, -0.05) is 35.4 Å². The van der Waals surface area contributed by atoms with Crippen molar-refractivity contribution in [2.45, 2.75) is 74.0 Å². The van der Waals surface area contributed by atoms with E-state index in [1.54, 1.807) is 0 Å². The summed E-state index contributed by atoms with van der Waals surface area (Å²) in [7, 11) is 0. The molecule has 1 saturated heterocycles. The fourth-order valence-corrected chi connectivity index (χ4v) is 5.11. The van der Waals surface area contributed by atoms with Crippen LogP contribution in [-0.2, 0) is 4.74 Å². The first-order chi connectivity index (χ1) is 14.9. The van der Waals surface area contributed by atoms with Crippen LogP contribution in [0.1, 0.15) is 54.2 Å². The Labute approximate surface area is 193 Å². The monoisotopic (exact) mass is 437 g/mol. The highest BCUT2D eigenvalue weighted by Crippen LogP contribution is 2.35. The third-order valence-electron chi connectivity index (χ3n) is 5.95. The van der Waals surface area contributed by atoms with Gasteiger partial charge in [-0.15, -0.1) is 0 Å². The number of benzene rings is 2. The van der Waals surface area contributed by atoms with Crippen LogP contribution in [-0.4, -0.2) is 37.5 Å². The number of hydrogen-bond acceptors (Lipinski definition) is 4. The molecule has 0 spiro atoms. The fourth-order valence-electron chi connectivity index (χ4n) is 5.11. The van der Waals surface area contributed by atoms with Crippen LogP contribution in [0.2, 0.25) is 0 Å². The summed E-state index contributed by atoms with van der Waals surface area (Å²) in [5.41, 5.74) is 9.72. The number of hydrogen-bond donors (Lipinski definition) is 1. The molecule has 2 aromatic rings. The lowest BCUT2D eigenvalue weighted by atomic mass is 10.0. The van der Waals surface area contributed by atoms with Crippen LogP contribution in [0.4, 0.5) is 16.2 Å². The van der Waals surface area contributed by atoms with Crippen LogP contribution in [0.25, 0.3) is 0 Å². The van der Waals surface area contributed by atoms with Crippen LogP contribution in [0.15, 0.2) is 24.3 Å². The summed E-state index contributed by atoms with van der Waals surface area (Å²) >= 11 is 0. The summed E-state index contributed by atoms with van der Waals surface area (Å²) in [5, 5.41) is 3.01. The van der Waals surface area contributed by atoms with Gasteiger partial charge in [0, 0.05) is 24.5 Å². The maximum Gasteiger partial charge on any atom is 0.407 e. The van der Waals surface area contributed by atoms with Gasteiger partial charge in [-0.05, 0) is 84.6 Å². The van der Waals surface area contributed by atoms with Crippen molar-refractivity contribution in [3.05, 3.63) is 57.6 Å². The second-order valence-electron chi connectivity index (χ2n) is 10.4. The molecule has 1 unspecified atom stereocenters. The Morgan fingerprint density at radius 3 is 1.84 bits per heavy atom. The molecule has 0 aliphatic carbocycles. The highest BCUT2D eigenvalue weighted by molar-refractivity contribution is 5.69. The van der Waals surface area contributed by atoms with E-state index >= 15 is 0 Å². The molecule has 1 amide bonds. The lowest BCUT2D eigenvalue weighted by Crippen LogP contribution is -2.43. The molecule has 1 heterocycles. The largest absolute Gasteiger partial charge is 0.444 e. The molecule has 1 atom stereocenters. The van der Waals surface area contributed by atoms with Gasteiger partial charge in [-0.3, -0.25) is 0 Å². The van der Waals surface area contributed by atoms with Crippen molar-refractivity contribution in [2.75, 3.05) is 29.6 Å². The number of ether oxygens (including phenoxy) is 1. The maximum atomic E-state index is 12.4. The van der Waals surface area contributed by atoms with E-state index in [2.05, 4.69) is 80.9 Å². The van der Waals surface area contributed by atoms with E-state index in [0.717, 1.165) is 13.2 Å². The zero-order valence-electron chi connectivity index (χ0n) is 21.2. The molecule has 1 aliphatic rings. The summed E-state index contributed by atoms with van der Waals surface area (Å²) in [6, 6.07) is 9.13. The number of aryl methyl sites for hydroxylation is 6. The molecule has 32 heavy (non-hydrogen) atoms. The van der Waals surface area contributed by atoms with Gasteiger partial charge in [-0.25, -0.2) is 4.79 Å². The Morgan fingerprint density at radius 2 is 1.38 bits per heavy atom. The molecular weight excluding hydrogens is 398 g/mol. The second kappa shape index (κ2) is 9.05. The lowest BCUT2D eigenvalue weighted by molar-refractivity contribution is 0.0525. The zero-order chi connectivity index (χ0) is 23.8. The van der Waals surface area contributed by atoms with Gasteiger partial charge in [0.15, 0.2) is 0 Å². The molecule has 1 aliphatic heterocycles. The molecule has 0 bridgehead atoms. The van der Waals surface area contributed by atoms with Crippen LogP contribution in [0, 0.1) is 41.5 Å². The van der Waals surface area contributed by atoms with Crippen molar-refractivity contribution in [3.63, 3.8) is 0 Å². The molecule has 1 N–H and O–H groups in total.